The number of phenols is 1. The molecule has 0 radical (unpaired) electrons. The Hall–Kier alpha value is -4.38. The van der Waals surface area contributed by atoms with Crippen molar-refractivity contribution < 1.29 is 37.8 Å². The molecule has 0 atom stereocenters. The van der Waals surface area contributed by atoms with Crippen LogP contribution in [0.15, 0.2) is 54.6 Å². The summed E-state index contributed by atoms with van der Waals surface area (Å²) in [6, 6.07) is 10.7. The van der Waals surface area contributed by atoms with Gasteiger partial charge in [-0.3, -0.25) is 9.59 Å². The highest BCUT2D eigenvalue weighted by molar-refractivity contribution is 6.34. The molecule has 12 heteroatoms. The second-order valence-corrected chi connectivity index (χ2v) is 8.60. The highest BCUT2D eigenvalue weighted by Crippen LogP contribution is 2.37. The summed E-state index contributed by atoms with van der Waals surface area (Å²) in [5.41, 5.74) is -2.10. The summed E-state index contributed by atoms with van der Waals surface area (Å²) in [4.78, 5) is 38.6. The van der Waals surface area contributed by atoms with Gasteiger partial charge in [0, 0.05) is 30.6 Å². The van der Waals surface area contributed by atoms with Crippen molar-refractivity contribution >= 4 is 40.3 Å². The molecule has 1 amide bonds. The molecule has 0 saturated carbocycles. The van der Waals surface area contributed by atoms with Crippen LogP contribution in [0.2, 0.25) is 5.02 Å². The number of aromatic carboxylic acids is 1. The molecule has 0 spiro atoms. The number of rotatable bonds is 4. The summed E-state index contributed by atoms with van der Waals surface area (Å²) in [6.07, 6.45) is -4.90. The number of carbonyl (C=O) groups excluding carboxylic acids is 2. The van der Waals surface area contributed by atoms with Crippen molar-refractivity contribution in [3.63, 3.8) is 0 Å². The normalized spacial score (nSPS) is 11.5. The number of nitrogens with zero attached hydrogens (tertiary/aromatic N) is 3. The van der Waals surface area contributed by atoms with Gasteiger partial charge in [-0.05, 0) is 42.5 Å². The third kappa shape index (κ3) is 4.60. The van der Waals surface area contributed by atoms with Gasteiger partial charge in [-0.25, -0.2) is 4.79 Å². The molecule has 0 aliphatic heterocycles. The van der Waals surface area contributed by atoms with Crippen LogP contribution in [0.1, 0.15) is 36.6 Å². The number of benzene rings is 3. The van der Waals surface area contributed by atoms with Crippen molar-refractivity contribution in [2.75, 3.05) is 14.1 Å². The Morgan fingerprint density at radius 3 is 2.32 bits per heavy atom. The van der Waals surface area contributed by atoms with Crippen molar-refractivity contribution in [1.82, 2.24) is 14.7 Å². The minimum absolute atomic E-state index is 0.00236. The smallest absolute Gasteiger partial charge is 0.417 e. The van der Waals surface area contributed by atoms with E-state index in [0.717, 1.165) is 30.3 Å². The Bertz CT molecular complexity index is 1590. The lowest BCUT2D eigenvalue weighted by Crippen LogP contribution is -2.22. The van der Waals surface area contributed by atoms with E-state index in [0.29, 0.717) is 4.68 Å². The van der Waals surface area contributed by atoms with E-state index >= 15 is 0 Å². The Kier molecular flexibility index (Phi) is 6.42. The molecule has 0 bridgehead atoms. The molecule has 190 valence electrons. The van der Waals surface area contributed by atoms with Gasteiger partial charge in [0.25, 0.3) is 11.8 Å². The molecule has 0 aliphatic rings. The maximum atomic E-state index is 13.7. The van der Waals surface area contributed by atoms with Gasteiger partial charge in [0.2, 0.25) is 0 Å². The first-order valence-electron chi connectivity index (χ1n) is 10.5. The SMILES string of the molecule is CN(C)C(=O)c1ccc2c(-c3ccc(C(=O)O)c(O)c3)nn(C(=O)c3c(Cl)cccc3C(F)(F)F)c2c1. The van der Waals surface area contributed by atoms with E-state index < -0.39 is 45.9 Å². The van der Waals surface area contributed by atoms with Crippen LogP contribution in [0.5, 0.6) is 5.75 Å². The fourth-order valence-electron chi connectivity index (χ4n) is 3.82. The van der Waals surface area contributed by atoms with Gasteiger partial charge in [-0.15, -0.1) is 0 Å². The fraction of sp³-hybridized carbons (Fsp3) is 0.120. The molecule has 1 heterocycles. The standard InChI is InChI=1S/C25H17ClF3N3O5/c1-31(2)22(34)13-7-8-14-18(10-13)32(23(35)20-16(25(27,28)29)4-3-5-17(20)26)30-21(14)12-6-9-15(24(36)37)19(33)11-12/h3-11,33H,1-2H3,(H,36,37). The fourth-order valence-corrected chi connectivity index (χ4v) is 4.07. The summed E-state index contributed by atoms with van der Waals surface area (Å²) in [6.45, 7) is 0. The van der Waals surface area contributed by atoms with E-state index in [1.54, 1.807) is 0 Å². The van der Waals surface area contributed by atoms with E-state index in [9.17, 15) is 37.8 Å². The molecule has 2 N–H and O–H groups in total. The van der Waals surface area contributed by atoms with E-state index in [1.165, 1.54) is 43.3 Å². The van der Waals surface area contributed by atoms with Crippen molar-refractivity contribution in [3.8, 4) is 17.0 Å². The summed E-state index contributed by atoms with van der Waals surface area (Å²) in [7, 11) is 3.01. The predicted octanol–water partition coefficient (Wildman–Crippen LogP) is 5.17. The predicted molar refractivity (Wildman–Crippen MR) is 128 cm³/mol. The first kappa shape index (κ1) is 25.7. The molecule has 4 aromatic rings. The second kappa shape index (κ2) is 9.25. The van der Waals surface area contributed by atoms with E-state index in [1.807, 2.05) is 0 Å². The largest absolute Gasteiger partial charge is 0.507 e. The van der Waals surface area contributed by atoms with Crippen LogP contribution in [0.25, 0.3) is 22.2 Å². The highest BCUT2D eigenvalue weighted by Gasteiger charge is 2.37. The highest BCUT2D eigenvalue weighted by atomic mass is 35.5. The number of fused-ring (bicyclic) bond motifs is 1. The Balaban J connectivity index is 2.01. The number of alkyl halides is 3. The van der Waals surface area contributed by atoms with Crippen LogP contribution < -0.4 is 0 Å². The minimum atomic E-state index is -4.90. The third-order valence-corrected chi connectivity index (χ3v) is 5.88. The zero-order valence-corrected chi connectivity index (χ0v) is 19.9. The maximum Gasteiger partial charge on any atom is 0.417 e. The zero-order valence-electron chi connectivity index (χ0n) is 19.2. The van der Waals surface area contributed by atoms with Gasteiger partial charge >= 0.3 is 12.1 Å². The Morgan fingerprint density at radius 1 is 1.03 bits per heavy atom. The molecule has 0 fully saturated rings. The molecule has 0 saturated heterocycles. The Morgan fingerprint density at radius 2 is 1.73 bits per heavy atom. The molecule has 3 aromatic carbocycles. The maximum absolute atomic E-state index is 13.7. The number of carbonyl (C=O) groups is 3. The number of carboxylic acids is 1. The number of amides is 1. The lowest BCUT2D eigenvalue weighted by atomic mass is 10.0. The molecule has 4 rings (SSSR count). The monoisotopic (exact) mass is 531 g/mol. The average Bonchev–Trinajstić information content (AvgIpc) is 3.21. The van der Waals surface area contributed by atoms with E-state index in [2.05, 4.69) is 5.10 Å². The van der Waals surface area contributed by atoms with Gasteiger partial charge in [-0.1, -0.05) is 23.7 Å². The van der Waals surface area contributed by atoms with E-state index in [-0.39, 0.29) is 33.3 Å². The van der Waals surface area contributed by atoms with Gasteiger partial charge in [-0.2, -0.15) is 23.0 Å². The molecule has 37 heavy (non-hydrogen) atoms. The topological polar surface area (TPSA) is 113 Å². The van der Waals surface area contributed by atoms with E-state index in [4.69, 9.17) is 11.6 Å². The molecule has 8 nitrogen and oxygen atoms in total. The first-order chi connectivity index (χ1) is 17.3. The van der Waals surface area contributed by atoms with Gasteiger partial charge in [0.05, 0.1) is 21.7 Å². The number of aromatic nitrogens is 2. The van der Waals surface area contributed by atoms with Gasteiger partial charge in [0.15, 0.2) is 0 Å². The first-order valence-corrected chi connectivity index (χ1v) is 10.9. The minimum Gasteiger partial charge on any atom is -0.507 e. The van der Waals surface area contributed by atoms with Crippen LogP contribution in [0, 0.1) is 0 Å². The number of aromatic hydroxyl groups is 1. The molecular formula is C25H17ClF3N3O5. The van der Waals surface area contributed by atoms with Crippen LogP contribution >= 0.6 is 11.6 Å². The summed E-state index contributed by atoms with van der Waals surface area (Å²) in [5, 5.41) is 23.4. The quantitative estimate of drug-likeness (QED) is 0.376. The number of carboxylic acid groups (broad SMARTS) is 1. The lowest BCUT2D eigenvalue weighted by Gasteiger charge is -2.14. The summed E-state index contributed by atoms with van der Waals surface area (Å²) >= 11 is 6.03. The van der Waals surface area contributed by atoms with Crippen LogP contribution in [0.3, 0.4) is 0 Å². The van der Waals surface area contributed by atoms with Crippen molar-refractivity contribution in [2.45, 2.75) is 6.18 Å². The van der Waals surface area contributed by atoms with Gasteiger partial charge in [0.1, 0.15) is 17.0 Å². The van der Waals surface area contributed by atoms with Crippen LogP contribution in [-0.4, -0.2) is 56.8 Å². The van der Waals surface area contributed by atoms with Crippen molar-refractivity contribution in [3.05, 3.63) is 81.9 Å². The van der Waals surface area contributed by atoms with Crippen LogP contribution in [0.4, 0.5) is 13.2 Å². The van der Waals surface area contributed by atoms with Crippen LogP contribution in [-0.2, 0) is 6.18 Å². The van der Waals surface area contributed by atoms with Gasteiger partial charge < -0.3 is 15.1 Å². The number of hydrogen-bond donors (Lipinski definition) is 2. The number of halogens is 4. The molecule has 1 aromatic heterocycles. The Labute approximate surface area is 212 Å². The average molecular weight is 532 g/mol. The number of hydrogen-bond acceptors (Lipinski definition) is 5. The summed E-state index contributed by atoms with van der Waals surface area (Å²) in [5.74, 6) is -3.58. The molecule has 0 aliphatic carbocycles. The van der Waals surface area contributed by atoms with Crippen molar-refractivity contribution in [2.24, 2.45) is 0 Å². The third-order valence-electron chi connectivity index (χ3n) is 5.56. The molecule has 0 unspecified atom stereocenters. The molecular weight excluding hydrogens is 515 g/mol. The van der Waals surface area contributed by atoms with Crippen molar-refractivity contribution in [1.29, 1.82) is 0 Å². The lowest BCUT2D eigenvalue weighted by molar-refractivity contribution is -0.137. The second-order valence-electron chi connectivity index (χ2n) is 8.19. The summed E-state index contributed by atoms with van der Waals surface area (Å²) < 4.78 is 41.9. The zero-order chi connectivity index (χ0) is 27.2.